The van der Waals surface area contributed by atoms with Crippen LogP contribution >= 0.6 is 0 Å². The molecule has 0 aliphatic carbocycles. The average molecular weight is 530 g/mol. The minimum Gasteiger partial charge on any atom is -0.507 e. The molecule has 1 atom stereocenters. The molecule has 0 radical (unpaired) electrons. The maximum Gasteiger partial charge on any atom is 0.295 e. The third-order valence-corrected chi connectivity index (χ3v) is 6.90. The monoisotopic (exact) mass is 529 g/mol. The van der Waals surface area contributed by atoms with Gasteiger partial charge in [0.15, 0.2) is 0 Å². The van der Waals surface area contributed by atoms with Gasteiger partial charge in [0.1, 0.15) is 23.0 Å². The number of amides is 1. The Balaban J connectivity index is 1.92. The van der Waals surface area contributed by atoms with E-state index in [0.717, 1.165) is 11.1 Å². The van der Waals surface area contributed by atoms with Crippen molar-refractivity contribution >= 4 is 17.4 Å². The summed E-state index contributed by atoms with van der Waals surface area (Å²) in [4.78, 5) is 28.6. The number of hydrogen-bond acceptors (Lipinski definition) is 6. The van der Waals surface area contributed by atoms with E-state index in [1.165, 1.54) is 12.0 Å². The number of methoxy groups -OCH3 is 2. The molecule has 0 spiro atoms. The minimum absolute atomic E-state index is 0.00316. The van der Waals surface area contributed by atoms with Gasteiger partial charge < -0.3 is 24.2 Å². The molecule has 39 heavy (non-hydrogen) atoms. The van der Waals surface area contributed by atoms with Crippen LogP contribution in [0.4, 0.5) is 0 Å². The molecule has 1 amide bonds. The topological polar surface area (TPSA) is 85.3 Å². The van der Waals surface area contributed by atoms with Crippen LogP contribution in [0.15, 0.2) is 72.3 Å². The van der Waals surface area contributed by atoms with Crippen LogP contribution < -0.4 is 14.2 Å². The van der Waals surface area contributed by atoms with Crippen molar-refractivity contribution in [2.45, 2.75) is 45.7 Å². The Morgan fingerprint density at radius 1 is 0.923 bits per heavy atom. The Morgan fingerprint density at radius 3 is 2.21 bits per heavy atom. The van der Waals surface area contributed by atoms with Crippen LogP contribution in [0.1, 0.15) is 56.0 Å². The Bertz CT molecular complexity index is 1400. The normalized spacial score (nSPS) is 16.9. The van der Waals surface area contributed by atoms with Crippen LogP contribution in [0.25, 0.3) is 5.76 Å². The highest BCUT2D eigenvalue weighted by Crippen LogP contribution is 2.43. The number of carbonyl (C=O) groups excluding carboxylic acids is 2. The Kier molecular flexibility index (Phi) is 8.00. The first kappa shape index (κ1) is 27.8. The minimum atomic E-state index is -0.839. The molecule has 1 heterocycles. The fraction of sp³-hybridized carbons (Fsp3) is 0.312. The number of carbonyl (C=O) groups is 2. The van der Waals surface area contributed by atoms with E-state index in [-0.39, 0.29) is 23.3 Å². The van der Waals surface area contributed by atoms with Crippen molar-refractivity contribution in [3.63, 3.8) is 0 Å². The summed E-state index contributed by atoms with van der Waals surface area (Å²) in [6, 6.07) is 19.2. The number of para-hydroxylation sites is 1. The summed E-state index contributed by atoms with van der Waals surface area (Å²) in [5.41, 5.74) is 2.50. The third-order valence-electron chi connectivity index (χ3n) is 6.90. The smallest absolute Gasteiger partial charge is 0.295 e. The van der Waals surface area contributed by atoms with Crippen molar-refractivity contribution in [1.82, 2.24) is 4.90 Å². The van der Waals surface area contributed by atoms with Crippen LogP contribution in [0.3, 0.4) is 0 Å². The molecule has 1 saturated heterocycles. The summed E-state index contributed by atoms with van der Waals surface area (Å²) in [6.45, 7) is 8.70. The van der Waals surface area contributed by atoms with Gasteiger partial charge >= 0.3 is 0 Å². The van der Waals surface area contributed by atoms with Gasteiger partial charge in [-0.05, 0) is 53.8 Å². The quantitative estimate of drug-likeness (QED) is 0.218. The first-order valence-corrected chi connectivity index (χ1v) is 12.9. The molecular weight excluding hydrogens is 494 g/mol. The fourth-order valence-corrected chi connectivity index (χ4v) is 4.82. The van der Waals surface area contributed by atoms with E-state index >= 15 is 0 Å². The summed E-state index contributed by atoms with van der Waals surface area (Å²) in [6.07, 6.45) is 0. The Labute approximate surface area is 229 Å². The maximum atomic E-state index is 13.6. The number of ether oxygens (including phenoxy) is 3. The molecule has 4 rings (SSSR count). The molecule has 0 bridgehead atoms. The van der Waals surface area contributed by atoms with E-state index < -0.39 is 17.7 Å². The second-order valence-electron chi connectivity index (χ2n) is 10.4. The number of hydrogen-bond donors (Lipinski definition) is 1. The summed E-state index contributed by atoms with van der Waals surface area (Å²) in [5, 5.41) is 11.7. The lowest BCUT2D eigenvalue weighted by Gasteiger charge is -2.26. The van der Waals surface area contributed by atoms with E-state index in [2.05, 4.69) is 20.8 Å². The van der Waals surface area contributed by atoms with Crippen molar-refractivity contribution in [3.05, 3.63) is 94.6 Å². The molecule has 1 aliphatic heterocycles. The SMILES string of the molecule is CCOc1ccc(C2/C(=C(\O)c3cc(C(C)(C)C)ccc3OC)C(=O)C(=O)N2Cc2ccccc2OC)cc1. The van der Waals surface area contributed by atoms with Gasteiger partial charge in [-0.15, -0.1) is 0 Å². The summed E-state index contributed by atoms with van der Waals surface area (Å²) in [7, 11) is 3.07. The largest absolute Gasteiger partial charge is 0.507 e. The highest BCUT2D eigenvalue weighted by atomic mass is 16.5. The molecule has 1 unspecified atom stereocenters. The standard InChI is InChI=1S/C32H35NO6/c1-7-39-23-15-12-20(13-16-23)28-27(29(34)24-18-22(32(2,3)4)14-17-26(24)38-6)30(35)31(36)33(28)19-21-10-8-9-11-25(21)37-5/h8-18,28,34H,7,19H2,1-6H3/b29-27+. The molecular formula is C32H35NO6. The number of likely N-dealkylation sites (tertiary alicyclic amines) is 1. The van der Waals surface area contributed by atoms with E-state index in [0.29, 0.717) is 35.0 Å². The van der Waals surface area contributed by atoms with Crippen molar-refractivity contribution in [1.29, 1.82) is 0 Å². The number of nitrogens with zero attached hydrogens (tertiary/aromatic N) is 1. The summed E-state index contributed by atoms with van der Waals surface area (Å²) >= 11 is 0. The van der Waals surface area contributed by atoms with Crippen molar-refractivity contribution < 1.29 is 28.9 Å². The number of aliphatic hydroxyl groups is 1. The van der Waals surface area contributed by atoms with Crippen molar-refractivity contribution in [2.24, 2.45) is 0 Å². The number of aliphatic hydroxyl groups excluding tert-OH is 1. The third kappa shape index (κ3) is 5.48. The van der Waals surface area contributed by atoms with E-state index in [9.17, 15) is 14.7 Å². The van der Waals surface area contributed by atoms with Crippen molar-refractivity contribution in [3.8, 4) is 17.2 Å². The molecule has 0 saturated carbocycles. The van der Waals surface area contributed by atoms with Gasteiger partial charge in [0, 0.05) is 5.56 Å². The zero-order chi connectivity index (χ0) is 28.3. The first-order valence-electron chi connectivity index (χ1n) is 12.9. The number of benzene rings is 3. The lowest BCUT2D eigenvalue weighted by Crippen LogP contribution is -2.29. The molecule has 3 aromatic rings. The zero-order valence-corrected chi connectivity index (χ0v) is 23.3. The molecule has 1 aliphatic rings. The average Bonchev–Trinajstić information content (AvgIpc) is 3.17. The van der Waals surface area contributed by atoms with E-state index in [1.54, 1.807) is 31.4 Å². The molecule has 204 valence electrons. The maximum absolute atomic E-state index is 13.6. The lowest BCUT2D eigenvalue weighted by atomic mass is 9.85. The van der Waals surface area contributed by atoms with Gasteiger partial charge in [-0.3, -0.25) is 9.59 Å². The van der Waals surface area contributed by atoms with Gasteiger partial charge in [-0.25, -0.2) is 0 Å². The van der Waals surface area contributed by atoms with Gasteiger partial charge in [0.05, 0.1) is 44.5 Å². The Hall–Kier alpha value is -4.26. The van der Waals surface area contributed by atoms with Gasteiger partial charge in [-0.1, -0.05) is 57.2 Å². The van der Waals surface area contributed by atoms with Gasteiger partial charge in [0.2, 0.25) is 0 Å². The summed E-state index contributed by atoms with van der Waals surface area (Å²) < 4.78 is 16.7. The summed E-state index contributed by atoms with van der Waals surface area (Å²) in [5.74, 6) is -0.0665. The van der Waals surface area contributed by atoms with Gasteiger partial charge in [-0.2, -0.15) is 0 Å². The molecule has 1 fully saturated rings. The molecule has 0 aromatic heterocycles. The van der Waals surface area contributed by atoms with Crippen LogP contribution in [0, 0.1) is 0 Å². The molecule has 7 nitrogen and oxygen atoms in total. The second-order valence-corrected chi connectivity index (χ2v) is 10.4. The molecule has 1 N–H and O–H groups in total. The van der Waals surface area contributed by atoms with E-state index in [1.807, 2.05) is 49.4 Å². The predicted molar refractivity (Wildman–Crippen MR) is 150 cm³/mol. The first-order chi connectivity index (χ1) is 18.6. The molecule has 3 aromatic carbocycles. The predicted octanol–water partition coefficient (Wildman–Crippen LogP) is 6.02. The van der Waals surface area contributed by atoms with Crippen LogP contribution in [-0.2, 0) is 21.5 Å². The molecule has 7 heteroatoms. The van der Waals surface area contributed by atoms with E-state index in [4.69, 9.17) is 14.2 Å². The van der Waals surface area contributed by atoms with Crippen LogP contribution in [0.2, 0.25) is 0 Å². The Morgan fingerprint density at radius 2 is 1.59 bits per heavy atom. The van der Waals surface area contributed by atoms with Crippen molar-refractivity contribution in [2.75, 3.05) is 20.8 Å². The number of ketones is 1. The van der Waals surface area contributed by atoms with Gasteiger partial charge in [0.25, 0.3) is 11.7 Å². The fourth-order valence-electron chi connectivity index (χ4n) is 4.82. The van der Waals surface area contributed by atoms with Crippen LogP contribution in [-0.4, -0.2) is 42.5 Å². The second kappa shape index (κ2) is 11.2. The lowest BCUT2D eigenvalue weighted by molar-refractivity contribution is -0.140. The highest BCUT2D eigenvalue weighted by Gasteiger charge is 2.46. The van der Waals surface area contributed by atoms with Crippen LogP contribution in [0.5, 0.6) is 17.2 Å². The zero-order valence-electron chi connectivity index (χ0n) is 23.3. The number of rotatable bonds is 8. The number of Topliss-reactive ketones (excluding diaryl/α,β-unsaturated/α-hetero) is 1. The highest BCUT2D eigenvalue weighted by molar-refractivity contribution is 6.46.